The number of aromatic amines is 1. The van der Waals surface area contributed by atoms with Crippen molar-refractivity contribution in [1.29, 1.82) is 0 Å². The van der Waals surface area contributed by atoms with E-state index in [-0.39, 0.29) is 16.3 Å². The lowest BCUT2D eigenvalue weighted by atomic mass is 10.2. The van der Waals surface area contributed by atoms with Gasteiger partial charge in [0.1, 0.15) is 11.6 Å². The van der Waals surface area contributed by atoms with Gasteiger partial charge in [-0.05, 0) is 19.1 Å². The van der Waals surface area contributed by atoms with Crippen molar-refractivity contribution in [2.45, 2.75) is 25.3 Å². The van der Waals surface area contributed by atoms with Gasteiger partial charge in [-0.25, -0.2) is 9.37 Å². The van der Waals surface area contributed by atoms with Crippen LogP contribution in [0.1, 0.15) is 18.3 Å². The number of rotatable bonds is 4. The van der Waals surface area contributed by atoms with Gasteiger partial charge in [0, 0.05) is 12.0 Å². The summed E-state index contributed by atoms with van der Waals surface area (Å²) in [5.41, 5.74) is 0.467. The number of sulfonamides is 1. The molecule has 19 heavy (non-hydrogen) atoms. The van der Waals surface area contributed by atoms with E-state index >= 15 is 0 Å². The molecule has 2 aromatic rings. The fourth-order valence-electron chi connectivity index (χ4n) is 1.58. The van der Waals surface area contributed by atoms with Gasteiger partial charge in [-0.15, -0.1) is 0 Å². The number of nitrogens with zero attached hydrogens (tertiary/aromatic N) is 1. The summed E-state index contributed by atoms with van der Waals surface area (Å²) in [5.74, 6) is 0.121. The van der Waals surface area contributed by atoms with E-state index in [0.29, 0.717) is 12.2 Å². The molecule has 0 bridgehead atoms. The molecule has 0 amide bonds. The van der Waals surface area contributed by atoms with E-state index in [1.54, 1.807) is 0 Å². The van der Waals surface area contributed by atoms with Crippen molar-refractivity contribution in [3.05, 3.63) is 41.6 Å². The summed E-state index contributed by atoms with van der Waals surface area (Å²) in [7, 11) is -3.78. The van der Waals surface area contributed by atoms with E-state index in [1.807, 2.05) is 6.92 Å². The lowest BCUT2D eigenvalue weighted by Crippen LogP contribution is -2.14. The van der Waals surface area contributed by atoms with Crippen molar-refractivity contribution in [3.63, 3.8) is 0 Å². The zero-order valence-corrected chi connectivity index (χ0v) is 11.4. The summed E-state index contributed by atoms with van der Waals surface area (Å²) < 4.78 is 39.9. The van der Waals surface area contributed by atoms with Crippen LogP contribution in [-0.2, 0) is 16.4 Å². The van der Waals surface area contributed by atoms with Crippen molar-refractivity contribution in [3.8, 4) is 0 Å². The molecule has 0 saturated heterocycles. The summed E-state index contributed by atoms with van der Waals surface area (Å²) in [4.78, 5) is 6.64. The van der Waals surface area contributed by atoms with Crippen LogP contribution in [0, 0.1) is 12.7 Å². The van der Waals surface area contributed by atoms with Crippen LogP contribution in [0.3, 0.4) is 0 Å². The third kappa shape index (κ3) is 2.76. The second-order valence-electron chi connectivity index (χ2n) is 4.07. The van der Waals surface area contributed by atoms with Gasteiger partial charge in [-0.2, -0.15) is 8.42 Å². The average Bonchev–Trinajstić information content (AvgIpc) is 2.84. The molecule has 0 spiro atoms. The maximum absolute atomic E-state index is 13.4. The van der Waals surface area contributed by atoms with E-state index in [0.717, 1.165) is 0 Å². The summed E-state index contributed by atoms with van der Waals surface area (Å²) >= 11 is 0. The Bertz CT molecular complexity index is 695. The SMILES string of the molecule is CCc1ncc(S(=O)(=O)Nc2cccc(F)c2C)[nH]1. The molecule has 0 fully saturated rings. The second-order valence-corrected chi connectivity index (χ2v) is 5.72. The zero-order valence-electron chi connectivity index (χ0n) is 10.6. The molecule has 0 radical (unpaired) electrons. The molecule has 1 aromatic heterocycles. The number of imidazole rings is 1. The molecule has 5 nitrogen and oxygen atoms in total. The fourth-order valence-corrected chi connectivity index (χ4v) is 2.64. The Morgan fingerprint density at radius 2 is 2.16 bits per heavy atom. The zero-order chi connectivity index (χ0) is 14.0. The standard InChI is InChI=1S/C12H14FN3O2S/c1-3-11-14-7-12(15-11)19(17,18)16-10-6-4-5-9(13)8(10)2/h4-7,16H,3H2,1-2H3,(H,14,15). The molecule has 2 N–H and O–H groups in total. The molecule has 0 atom stereocenters. The summed E-state index contributed by atoms with van der Waals surface area (Å²) in [5, 5.41) is -0.0342. The van der Waals surface area contributed by atoms with Crippen LogP contribution in [0.4, 0.5) is 10.1 Å². The van der Waals surface area contributed by atoms with Crippen molar-refractivity contribution in [2.24, 2.45) is 0 Å². The van der Waals surface area contributed by atoms with E-state index < -0.39 is 15.8 Å². The topological polar surface area (TPSA) is 74.8 Å². The number of halogens is 1. The van der Waals surface area contributed by atoms with Gasteiger partial charge in [0.05, 0.1) is 11.9 Å². The third-order valence-electron chi connectivity index (χ3n) is 2.74. The van der Waals surface area contributed by atoms with Crippen LogP contribution in [0.2, 0.25) is 0 Å². The van der Waals surface area contributed by atoms with E-state index in [2.05, 4.69) is 14.7 Å². The van der Waals surface area contributed by atoms with E-state index in [4.69, 9.17) is 0 Å². The number of aryl methyl sites for hydroxylation is 1. The largest absolute Gasteiger partial charge is 0.332 e. The Morgan fingerprint density at radius 3 is 2.79 bits per heavy atom. The quantitative estimate of drug-likeness (QED) is 0.903. The highest BCUT2D eigenvalue weighted by atomic mass is 32.2. The first-order valence-corrected chi connectivity index (χ1v) is 7.24. The maximum Gasteiger partial charge on any atom is 0.278 e. The van der Waals surface area contributed by atoms with E-state index in [1.165, 1.54) is 31.3 Å². The summed E-state index contributed by atoms with van der Waals surface area (Å²) in [6.07, 6.45) is 1.85. The van der Waals surface area contributed by atoms with Gasteiger partial charge in [-0.1, -0.05) is 13.0 Å². The Morgan fingerprint density at radius 1 is 1.42 bits per heavy atom. The van der Waals surface area contributed by atoms with Crippen LogP contribution in [0.25, 0.3) is 0 Å². The first-order chi connectivity index (χ1) is 8.94. The number of hydrogen-bond acceptors (Lipinski definition) is 3. The predicted molar refractivity (Wildman–Crippen MR) is 69.9 cm³/mol. The highest BCUT2D eigenvalue weighted by Gasteiger charge is 2.18. The van der Waals surface area contributed by atoms with Gasteiger partial charge < -0.3 is 4.98 Å². The monoisotopic (exact) mass is 283 g/mol. The molecule has 0 unspecified atom stereocenters. The van der Waals surface area contributed by atoms with Gasteiger partial charge in [0.15, 0.2) is 5.03 Å². The number of hydrogen-bond donors (Lipinski definition) is 2. The van der Waals surface area contributed by atoms with Crippen molar-refractivity contribution in [2.75, 3.05) is 4.72 Å². The Balaban J connectivity index is 2.33. The first kappa shape index (κ1) is 13.5. The van der Waals surface area contributed by atoms with Crippen LogP contribution in [-0.4, -0.2) is 18.4 Å². The fraction of sp³-hybridized carbons (Fsp3) is 0.250. The molecular weight excluding hydrogens is 269 g/mol. The Hall–Kier alpha value is -1.89. The highest BCUT2D eigenvalue weighted by molar-refractivity contribution is 7.92. The van der Waals surface area contributed by atoms with Crippen LogP contribution >= 0.6 is 0 Å². The van der Waals surface area contributed by atoms with Crippen molar-refractivity contribution >= 4 is 15.7 Å². The minimum atomic E-state index is -3.78. The first-order valence-electron chi connectivity index (χ1n) is 5.76. The van der Waals surface area contributed by atoms with Crippen molar-refractivity contribution < 1.29 is 12.8 Å². The summed E-state index contributed by atoms with van der Waals surface area (Å²) in [6, 6.07) is 4.23. The third-order valence-corrected chi connectivity index (χ3v) is 4.02. The molecule has 1 heterocycles. The predicted octanol–water partition coefficient (Wildman–Crippen LogP) is 2.22. The van der Waals surface area contributed by atoms with Gasteiger partial charge in [0.2, 0.25) is 0 Å². The van der Waals surface area contributed by atoms with Crippen LogP contribution in [0.15, 0.2) is 29.4 Å². The summed E-state index contributed by atoms with van der Waals surface area (Å²) in [6.45, 7) is 3.37. The maximum atomic E-state index is 13.4. The van der Waals surface area contributed by atoms with Gasteiger partial charge in [0.25, 0.3) is 10.0 Å². The number of H-pyrrole nitrogens is 1. The van der Waals surface area contributed by atoms with Gasteiger partial charge >= 0.3 is 0 Å². The number of nitrogens with one attached hydrogen (secondary N) is 2. The van der Waals surface area contributed by atoms with Gasteiger partial charge in [-0.3, -0.25) is 4.72 Å². The molecule has 102 valence electrons. The number of aromatic nitrogens is 2. The molecule has 0 aliphatic carbocycles. The molecule has 2 rings (SSSR count). The normalized spacial score (nSPS) is 11.5. The van der Waals surface area contributed by atoms with E-state index in [9.17, 15) is 12.8 Å². The van der Waals surface area contributed by atoms with Crippen LogP contribution in [0.5, 0.6) is 0 Å². The molecule has 0 aliphatic rings. The average molecular weight is 283 g/mol. The lowest BCUT2D eigenvalue weighted by Gasteiger charge is -2.09. The Labute approximate surface area is 110 Å². The molecule has 7 heteroatoms. The lowest BCUT2D eigenvalue weighted by molar-refractivity contribution is 0.597. The molecular formula is C12H14FN3O2S. The molecule has 0 aliphatic heterocycles. The van der Waals surface area contributed by atoms with Crippen molar-refractivity contribution in [1.82, 2.24) is 9.97 Å². The number of anilines is 1. The highest BCUT2D eigenvalue weighted by Crippen LogP contribution is 2.20. The molecule has 0 saturated carbocycles. The minimum Gasteiger partial charge on any atom is -0.332 e. The molecule has 1 aromatic carbocycles. The Kier molecular flexibility index (Phi) is 3.57. The smallest absolute Gasteiger partial charge is 0.278 e. The minimum absolute atomic E-state index is 0.0342. The number of benzene rings is 1. The second kappa shape index (κ2) is 5.00. The van der Waals surface area contributed by atoms with Crippen LogP contribution < -0.4 is 4.72 Å².